The van der Waals surface area contributed by atoms with E-state index in [0.29, 0.717) is 17.5 Å². The maximum Gasteiger partial charge on any atom is 0.272 e. The summed E-state index contributed by atoms with van der Waals surface area (Å²) in [6.07, 6.45) is 3.89. The van der Waals surface area contributed by atoms with E-state index in [-0.39, 0.29) is 5.91 Å². The molecule has 3 rings (SSSR count). The molecule has 1 N–H and O–H groups in total. The van der Waals surface area contributed by atoms with Crippen molar-refractivity contribution in [2.45, 2.75) is 39.5 Å². The van der Waals surface area contributed by atoms with Crippen molar-refractivity contribution >= 4 is 17.3 Å². The first-order valence-corrected chi connectivity index (χ1v) is 9.15. The van der Waals surface area contributed by atoms with E-state index in [1.54, 1.807) is 6.20 Å². The van der Waals surface area contributed by atoms with Crippen LogP contribution < -0.4 is 5.32 Å². The van der Waals surface area contributed by atoms with Gasteiger partial charge in [0.15, 0.2) is 0 Å². The topological polar surface area (TPSA) is 45.2 Å². The second kappa shape index (κ2) is 7.68. The maximum absolute atomic E-state index is 12.5. The van der Waals surface area contributed by atoms with Crippen molar-refractivity contribution in [3.8, 4) is 0 Å². The molecule has 0 bridgehead atoms. The van der Waals surface area contributed by atoms with Crippen LogP contribution in [0.2, 0.25) is 0 Å². The molecule has 1 amide bonds. The van der Waals surface area contributed by atoms with E-state index in [4.69, 9.17) is 0 Å². The lowest BCUT2D eigenvalue weighted by Gasteiger charge is -2.30. The third-order valence-electron chi connectivity index (χ3n) is 4.92. The minimum atomic E-state index is 0.0414. The zero-order chi connectivity index (χ0) is 17.8. The van der Waals surface area contributed by atoms with Gasteiger partial charge >= 0.3 is 0 Å². The first-order valence-electron chi connectivity index (χ1n) is 9.15. The molecule has 132 valence electrons. The molecule has 0 saturated carbocycles. The summed E-state index contributed by atoms with van der Waals surface area (Å²) in [5.41, 5.74) is 3.76. The average molecular weight is 337 g/mol. The van der Waals surface area contributed by atoms with Gasteiger partial charge < -0.3 is 10.2 Å². The normalized spacial score (nSPS) is 15.4. The summed E-state index contributed by atoms with van der Waals surface area (Å²) in [6.45, 7) is 8.29. The third kappa shape index (κ3) is 4.38. The molecule has 1 saturated heterocycles. The van der Waals surface area contributed by atoms with Crippen molar-refractivity contribution in [3.63, 3.8) is 0 Å². The summed E-state index contributed by atoms with van der Waals surface area (Å²) < 4.78 is 0. The van der Waals surface area contributed by atoms with Crippen LogP contribution in [0.4, 0.5) is 11.4 Å². The van der Waals surface area contributed by atoms with E-state index in [2.05, 4.69) is 55.3 Å². The van der Waals surface area contributed by atoms with E-state index < -0.39 is 0 Å². The number of amides is 1. The van der Waals surface area contributed by atoms with E-state index in [1.165, 1.54) is 5.56 Å². The lowest BCUT2D eigenvalue weighted by Crippen LogP contribution is -2.38. The van der Waals surface area contributed by atoms with Crippen LogP contribution in [0.15, 0.2) is 42.6 Å². The summed E-state index contributed by atoms with van der Waals surface area (Å²) in [5, 5.41) is 3.33. The molecule has 25 heavy (non-hydrogen) atoms. The van der Waals surface area contributed by atoms with Crippen LogP contribution in [0.1, 0.15) is 55.6 Å². The molecule has 1 aromatic heterocycles. The number of aromatic nitrogens is 1. The Labute approximate surface area is 150 Å². The molecule has 1 aliphatic rings. The van der Waals surface area contributed by atoms with Gasteiger partial charge in [0, 0.05) is 18.8 Å². The van der Waals surface area contributed by atoms with Crippen molar-refractivity contribution in [1.29, 1.82) is 0 Å². The number of benzene rings is 1. The Bertz CT molecular complexity index is 699. The number of anilines is 2. The summed E-state index contributed by atoms with van der Waals surface area (Å²) in [4.78, 5) is 18.8. The Hall–Kier alpha value is -2.36. The highest BCUT2D eigenvalue weighted by molar-refractivity contribution is 5.92. The van der Waals surface area contributed by atoms with Gasteiger partial charge in [0.05, 0.1) is 11.9 Å². The van der Waals surface area contributed by atoms with E-state index in [9.17, 15) is 4.79 Å². The minimum Gasteiger partial charge on any atom is -0.354 e. The number of piperidine rings is 1. The second-order valence-corrected chi connectivity index (χ2v) is 7.31. The number of nitrogens with one attached hydrogen (secondary N) is 1. The smallest absolute Gasteiger partial charge is 0.272 e. The van der Waals surface area contributed by atoms with Gasteiger partial charge in [-0.3, -0.25) is 4.79 Å². The van der Waals surface area contributed by atoms with Gasteiger partial charge in [-0.1, -0.05) is 32.9 Å². The zero-order valence-corrected chi connectivity index (χ0v) is 15.3. The predicted molar refractivity (Wildman–Crippen MR) is 102 cm³/mol. The van der Waals surface area contributed by atoms with Crippen LogP contribution in [0, 0.1) is 5.92 Å². The molecule has 1 aliphatic heterocycles. The second-order valence-electron chi connectivity index (χ2n) is 7.31. The van der Waals surface area contributed by atoms with Gasteiger partial charge in [0.2, 0.25) is 0 Å². The molecule has 0 atom stereocenters. The first-order chi connectivity index (χ1) is 12.0. The van der Waals surface area contributed by atoms with Crippen LogP contribution in [0.3, 0.4) is 0 Å². The summed E-state index contributed by atoms with van der Waals surface area (Å²) in [6, 6.07) is 12.1. The number of carbonyl (C=O) groups is 1. The number of hydrogen-bond acceptors (Lipinski definition) is 3. The van der Waals surface area contributed by atoms with Gasteiger partial charge in [-0.15, -0.1) is 0 Å². The number of nitrogens with zero attached hydrogens (tertiary/aromatic N) is 2. The van der Waals surface area contributed by atoms with Crippen molar-refractivity contribution in [3.05, 3.63) is 53.9 Å². The molecule has 2 aromatic rings. The van der Waals surface area contributed by atoms with Crippen LogP contribution in [0.5, 0.6) is 0 Å². The molecule has 2 heterocycles. The maximum atomic E-state index is 12.5. The highest BCUT2D eigenvalue weighted by Crippen LogP contribution is 2.21. The van der Waals surface area contributed by atoms with Gasteiger partial charge in [-0.05, 0) is 54.5 Å². The molecule has 1 aromatic carbocycles. The van der Waals surface area contributed by atoms with Crippen LogP contribution in [-0.4, -0.2) is 28.9 Å². The fourth-order valence-corrected chi connectivity index (χ4v) is 3.09. The highest BCUT2D eigenvalue weighted by atomic mass is 16.2. The Morgan fingerprint density at radius 3 is 2.28 bits per heavy atom. The average Bonchev–Trinajstić information content (AvgIpc) is 2.63. The van der Waals surface area contributed by atoms with Crippen LogP contribution in [0.25, 0.3) is 0 Å². The van der Waals surface area contributed by atoms with Crippen LogP contribution in [-0.2, 0) is 0 Å². The zero-order valence-electron chi connectivity index (χ0n) is 15.3. The van der Waals surface area contributed by atoms with Gasteiger partial charge in [-0.2, -0.15) is 0 Å². The Morgan fingerprint density at radius 1 is 1.08 bits per heavy atom. The molecule has 4 heteroatoms. The molecule has 0 radical (unpaired) electrons. The molecular formula is C21H27N3O. The third-order valence-corrected chi connectivity index (χ3v) is 4.92. The first kappa shape index (κ1) is 17.5. The van der Waals surface area contributed by atoms with E-state index >= 15 is 0 Å². The number of rotatable bonds is 4. The van der Waals surface area contributed by atoms with Crippen molar-refractivity contribution in [2.75, 3.05) is 18.4 Å². The fourth-order valence-electron chi connectivity index (χ4n) is 3.09. The molecule has 4 nitrogen and oxygen atoms in total. The van der Waals surface area contributed by atoms with Crippen LogP contribution >= 0.6 is 0 Å². The number of hydrogen-bond donors (Lipinski definition) is 1. The van der Waals surface area contributed by atoms with Crippen molar-refractivity contribution in [2.24, 2.45) is 5.92 Å². The molecular weight excluding hydrogens is 310 g/mol. The fraction of sp³-hybridized carbons (Fsp3) is 0.429. The minimum absolute atomic E-state index is 0.0414. The number of pyridine rings is 1. The Kier molecular flexibility index (Phi) is 5.37. The Balaban J connectivity index is 1.62. The summed E-state index contributed by atoms with van der Waals surface area (Å²) in [5.74, 6) is 1.28. The summed E-state index contributed by atoms with van der Waals surface area (Å²) in [7, 11) is 0. The van der Waals surface area contributed by atoms with Gasteiger partial charge in [0.1, 0.15) is 5.69 Å². The van der Waals surface area contributed by atoms with E-state index in [1.807, 2.05) is 17.0 Å². The molecule has 0 unspecified atom stereocenters. The van der Waals surface area contributed by atoms with E-state index in [0.717, 1.165) is 37.3 Å². The number of likely N-dealkylation sites (tertiary alicyclic amines) is 1. The van der Waals surface area contributed by atoms with Gasteiger partial charge in [-0.25, -0.2) is 4.98 Å². The van der Waals surface area contributed by atoms with Crippen molar-refractivity contribution in [1.82, 2.24) is 9.88 Å². The SMILES string of the molecule is CC1CCN(C(=O)c2ccc(Nc3ccc(C(C)C)cc3)cn2)CC1. The van der Waals surface area contributed by atoms with Crippen molar-refractivity contribution < 1.29 is 4.79 Å². The largest absolute Gasteiger partial charge is 0.354 e. The lowest BCUT2D eigenvalue weighted by atomic mass is 9.99. The highest BCUT2D eigenvalue weighted by Gasteiger charge is 2.22. The monoisotopic (exact) mass is 337 g/mol. The standard InChI is InChI=1S/C21H27N3O/c1-15(2)17-4-6-18(7-5-17)23-19-8-9-20(22-14-19)21(25)24-12-10-16(3)11-13-24/h4-9,14-16,23H,10-13H2,1-3H3. The predicted octanol–water partition coefficient (Wildman–Crippen LogP) is 4.82. The molecule has 1 fully saturated rings. The molecule has 0 spiro atoms. The summed E-state index contributed by atoms with van der Waals surface area (Å²) >= 11 is 0. The van der Waals surface area contributed by atoms with Gasteiger partial charge in [0.25, 0.3) is 5.91 Å². The quantitative estimate of drug-likeness (QED) is 0.870. The molecule has 0 aliphatic carbocycles. The lowest BCUT2D eigenvalue weighted by molar-refractivity contribution is 0.0691. The number of carbonyl (C=O) groups excluding carboxylic acids is 1. The Morgan fingerprint density at radius 2 is 1.72 bits per heavy atom.